The number of hydrogen-bond donors (Lipinski definition) is 6. The second kappa shape index (κ2) is 22.2. The lowest BCUT2D eigenvalue weighted by molar-refractivity contribution is -0.143. The molecule has 9 N–H and O–H groups in total. The molecule has 16 heteroatoms. The number of unbranched alkanes of at least 4 members (excludes halogenated alkanes) is 3. The molecule has 0 aliphatic carbocycles. The molecule has 332 valence electrons. The van der Waals surface area contributed by atoms with Crippen molar-refractivity contribution in [2.45, 2.75) is 95.9 Å². The third kappa shape index (κ3) is 11.5. The van der Waals surface area contributed by atoms with E-state index in [1.165, 1.54) is 30.2 Å². The molecule has 1 saturated heterocycles. The van der Waals surface area contributed by atoms with Gasteiger partial charge in [0.2, 0.25) is 23.6 Å². The first-order valence-electron chi connectivity index (χ1n) is 21.4. The predicted octanol–water partition coefficient (Wildman–Crippen LogP) is 2.39. The van der Waals surface area contributed by atoms with Crippen LogP contribution in [0.3, 0.4) is 0 Å². The molecule has 1 unspecified atom stereocenters. The second-order valence-electron chi connectivity index (χ2n) is 16.0. The summed E-state index contributed by atoms with van der Waals surface area (Å²) >= 11 is 0. The Morgan fingerprint density at radius 3 is 2.29 bits per heavy atom. The number of likely N-dealkylation sites (N-methyl/N-ethyl adjacent to an activating group) is 1. The van der Waals surface area contributed by atoms with Gasteiger partial charge in [-0.2, -0.15) is 5.26 Å². The minimum atomic E-state index is -1.34. The molecule has 3 aromatic rings. The molecule has 62 heavy (non-hydrogen) atoms. The lowest BCUT2D eigenvalue weighted by Gasteiger charge is -2.34. The number of nitriles is 1. The zero-order chi connectivity index (χ0) is 44.9. The monoisotopic (exact) mass is 851 g/mol. The molecule has 1 fully saturated rings. The Balaban J connectivity index is 1.58. The molecule has 16 nitrogen and oxygen atoms in total. The smallest absolute Gasteiger partial charge is 0.254 e. The highest BCUT2D eigenvalue weighted by Gasteiger charge is 2.43. The fourth-order valence-electron chi connectivity index (χ4n) is 8.05. The summed E-state index contributed by atoms with van der Waals surface area (Å²) in [6, 6.07) is 12.9. The molecule has 5 rings (SSSR count). The number of nitrogens with one attached hydrogen (secondary N) is 3. The van der Waals surface area contributed by atoms with Crippen LogP contribution in [0.4, 0.5) is 0 Å². The molecular formula is C46H61N9O7. The lowest BCUT2D eigenvalue weighted by atomic mass is 9.93. The number of carbonyl (C=O) groups excluding carboxylic acids is 5. The molecule has 4 bridgehead atoms. The predicted molar refractivity (Wildman–Crippen MR) is 235 cm³/mol. The summed E-state index contributed by atoms with van der Waals surface area (Å²) in [6.07, 6.45) is 5.61. The summed E-state index contributed by atoms with van der Waals surface area (Å²) in [5.74, 6) is -2.01. The van der Waals surface area contributed by atoms with Crippen molar-refractivity contribution in [2.75, 3.05) is 46.4 Å². The molecule has 2 aliphatic rings. The van der Waals surface area contributed by atoms with Gasteiger partial charge in [-0.1, -0.05) is 50.5 Å². The maximum atomic E-state index is 14.8. The van der Waals surface area contributed by atoms with Gasteiger partial charge in [0, 0.05) is 55.8 Å². The van der Waals surface area contributed by atoms with Crippen LogP contribution in [0.2, 0.25) is 0 Å². The number of fused-ring (bicyclic) bond motifs is 5. The molecule has 0 saturated carbocycles. The Hall–Kier alpha value is -6.02. The highest BCUT2D eigenvalue weighted by atomic mass is 16.5. The number of carbonyl (C=O) groups is 5. The van der Waals surface area contributed by atoms with Crippen molar-refractivity contribution in [3.63, 3.8) is 0 Å². The summed E-state index contributed by atoms with van der Waals surface area (Å²) in [5.41, 5.74) is 22.6. The van der Waals surface area contributed by atoms with Crippen LogP contribution in [0.15, 0.2) is 54.6 Å². The van der Waals surface area contributed by atoms with Crippen LogP contribution in [0.25, 0.3) is 11.1 Å². The average molecular weight is 852 g/mol. The second-order valence-corrected chi connectivity index (χ2v) is 16.0. The molecule has 3 aromatic carbocycles. The number of likely N-dealkylation sites (tertiary alicyclic amines) is 1. The van der Waals surface area contributed by atoms with Crippen LogP contribution >= 0.6 is 0 Å². The zero-order valence-electron chi connectivity index (χ0n) is 36.2. The Bertz CT molecular complexity index is 2140. The summed E-state index contributed by atoms with van der Waals surface area (Å²) in [4.78, 5) is 73.5. The van der Waals surface area contributed by atoms with E-state index in [-0.39, 0.29) is 58.1 Å². The third-order valence-corrected chi connectivity index (χ3v) is 11.3. The van der Waals surface area contributed by atoms with Crippen LogP contribution in [0.1, 0.15) is 84.6 Å². The van der Waals surface area contributed by atoms with Crippen molar-refractivity contribution >= 4 is 29.5 Å². The number of ether oxygens (including phenoxy) is 2. The van der Waals surface area contributed by atoms with Crippen LogP contribution in [-0.2, 0) is 32.0 Å². The lowest BCUT2D eigenvalue weighted by Crippen LogP contribution is -2.55. The van der Waals surface area contributed by atoms with Crippen molar-refractivity contribution < 1.29 is 33.4 Å². The first-order valence-corrected chi connectivity index (χ1v) is 21.4. The van der Waals surface area contributed by atoms with Crippen LogP contribution in [0, 0.1) is 18.3 Å². The van der Waals surface area contributed by atoms with Crippen molar-refractivity contribution in [3.8, 4) is 28.7 Å². The summed E-state index contributed by atoms with van der Waals surface area (Å²) in [6.45, 7) is 6.13. The van der Waals surface area contributed by atoms with Gasteiger partial charge in [0.1, 0.15) is 55.4 Å². The molecule has 0 spiro atoms. The molecule has 0 radical (unpaired) electrons. The number of hydrogen-bond acceptors (Lipinski definition) is 11. The summed E-state index contributed by atoms with van der Waals surface area (Å²) in [7, 11) is 1.48. The standard InChI is InChI=1S/C46H61N9O7/c1-5-6-7-8-9-30-10-13-34(28(2)22-30)45(59)55-27-33(50)26-38(55)46(60)54(4)41-32-12-15-40(62-21-18-49)36(25-32)35-23-31(11-14-39(35)61-20-17-48)24-37(43(57)51-19-16-47)53-42(56)29(3)52-44(41)58/h10-15,22-23,25,29,33,37-38,41H,5-9,17-21,24,26-27,48-50H2,1-4H3,(H,51,57)(H,52,58)(H,53,56)/t29-,33-,37-,38?,41-/m0/s1. The van der Waals surface area contributed by atoms with Crippen LogP contribution in [-0.4, -0.2) is 110 Å². The maximum Gasteiger partial charge on any atom is 0.254 e. The van der Waals surface area contributed by atoms with E-state index < -0.39 is 53.8 Å². The Kier molecular flexibility index (Phi) is 16.8. The maximum absolute atomic E-state index is 14.8. The summed E-state index contributed by atoms with van der Waals surface area (Å²) in [5, 5.41) is 17.1. The minimum Gasteiger partial charge on any atom is -0.492 e. The van der Waals surface area contributed by atoms with E-state index in [0.717, 1.165) is 36.8 Å². The molecule has 5 atom stereocenters. The van der Waals surface area contributed by atoms with Gasteiger partial charge < -0.3 is 52.4 Å². The Morgan fingerprint density at radius 1 is 0.935 bits per heavy atom. The quantitative estimate of drug-likeness (QED) is 0.0902. The molecule has 5 amide bonds. The van der Waals surface area contributed by atoms with Gasteiger partial charge in [-0.15, -0.1) is 0 Å². The van der Waals surface area contributed by atoms with E-state index in [9.17, 15) is 24.0 Å². The minimum absolute atomic E-state index is 0.0217. The molecule has 2 heterocycles. The number of amides is 5. The summed E-state index contributed by atoms with van der Waals surface area (Å²) < 4.78 is 12.2. The number of nitrogens with zero attached hydrogens (tertiary/aromatic N) is 3. The highest BCUT2D eigenvalue weighted by molar-refractivity contribution is 6.00. The zero-order valence-corrected chi connectivity index (χ0v) is 36.2. The van der Waals surface area contributed by atoms with E-state index in [1.807, 2.05) is 31.2 Å². The molecule has 0 aromatic heterocycles. The van der Waals surface area contributed by atoms with Gasteiger partial charge in [-0.3, -0.25) is 24.0 Å². The fourth-order valence-corrected chi connectivity index (χ4v) is 8.05. The van der Waals surface area contributed by atoms with Gasteiger partial charge in [0.05, 0.1) is 6.07 Å². The van der Waals surface area contributed by atoms with Crippen LogP contribution < -0.4 is 42.6 Å². The van der Waals surface area contributed by atoms with Gasteiger partial charge in [-0.25, -0.2) is 0 Å². The van der Waals surface area contributed by atoms with E-state index in [1.54, 1.807) is 36.4 Å². The van der Waals surface area contributed by atoms with Gasteiger partial charge >= 0.3 is 0 Å². The molecular weight excluding hydrogens is 791 g/mol. The highest BCUT2D eigenvalue weighted by Crippen LogP contribution is 2.40. The van der Waals surface area contributed by atoms with Gasteiger partial charge in [-0.05, 0) is 85.7 Å². The van der Waals surface area contributed by atoms with Gasteiger partial charge in [0.25, 0.3) is 5.91 Å². The number of rotatable bonds is 16. The van der Waals surface area contributed by atoms with Crippen LogP contribution in [0.5, 0.6) is 11.5 Å². The van der Waals surface area contributed by atoms with E-state index in [2.05, 4.69) is 22.9 Å². The van der Waals surface area contributed by atoms with Crippen molar-refractivity contribution in [3.05, 3.63) is 82.4 Å². The Labute approximate surface area is 363 Å². The normalized spacial score (nSPS) is 20.0. The SMILES string of the molecule is CCCCCCc1ccc(C(=O)N2C[C@@H](N)CC2C(=O)N(C)[C@@H]2C(=O)N[C@@H](C)C(=O)N[C@H](C(=O)NCC#N)Cc3ccc(OCCN)c(c3)-c3cc2ccc3OCCN)c(C)c1. The van der Waals surface area contributed by atoms with Crippen molar-refractivity contribution in [1.82, 2.24) is 25.8 Å². The largest absolute Gasteiger partial charge is 0.492 e. The number of benzene rings is 3. The number of aryl methyl sites for hydroxylation is 2. The number of nitrogens with two attached hydrogens (primary N) is 3. The topological polar surface area (TPSA) is 248 Å². The van der Waals surface area contributed by atoms with E-state index in [0.29, 0.717) is 39.3 Å². The fraction of sp³-hybridized carbons (Fsp3) is 0.478. The van der Waals surface area contributed by atoms with E-state index >= 15 is 0 Å². The average Bonchev–Trinajstić information content (AvgIpc) is 3.66. The van der Waals surface area contributed by atoms with E-state index in [4.69, 9.17) is 31.9 Å². The first kappa shape index (κ1) is 47.0. The molecule has 2 aliphatic heterocycles. The van der Waals surface area contributed by atoms with Crippen molar-refractivity contribution in [2.24, 2.45) is 17.2 Å². The van der Waals surface area contributed by atoms with Crippen molar-refractivity contribution in [1.29, 1.82) is 5.26 Å². The Morgan fingerprint density at radius 2 is 1.63 bits per heavy atom. The first-order chi connectivity index (χ1) is 29.8. The third-order valence-electron chi connectivity index (χ3n) is 11.3. The van der Waals surface area contributed by atoms with Gasteiger partial charge in [0.15, 0.2) is 0 Å².